The molecule has 1 radical (unpaired) electrons. The molecule has 0 bridgehead atoms. The van der Waals surface area contributed by atoms with Gasteiger partial charge in [-0.2, -0.15) is 0 Å². The van der Waals surface area contributed by atoms with Crippen LogP contribution in [-0.4, -0.2) is 33.3 Å². The average molecular weight is 362 g/mol. The molecule has 2 heterocycles. The Labute approximate surface area is 159 Å². The summed E-state index contributed by atoms with van der Waals surface area (Å²) < 4.78 is 7.75. The first-order valence-corrected chi connectivity index (χ1v) is 8.69. The molecule has 2 aromatic heterocycles. The molecule has 0 saturated carbocycles. The van der Waals surface area contributed by atoms with Crippen molar-refractivity contribution in [3.63, 3.8) is 0 Å². The van der Waals surface area contributed by atoms with Gasteiger partial charge >= 0.3 is 7.41 Å². The van der Waals surface area contributed by atoms with Gasteiger partial charge in [-0.25, -0.2) is 0 Å². The number of ether oxygens (including phenoxy) is 1. The third-order valence-corrected chi connectivity index (χ3v) is 4.17. The van der Waals surface area contributed by atoms with Crippen molar-refractivity contribution in [2.75, 3.05) is 5.23 Å². The number of carbonyl (C=O) groups is 1. The number of anilines is 1. The fourth-order valence-electron chi connectivity index (χ4n) is 2.56. The van der Waals surface area contributed by atoms with Gasteiger partial charge in [0.05, 0.1) is 0 Å². The lowest BCUT2D eigenvalue weighted by Gasteiger charge is -2.10. The molecule has 0 spiro atoms. The summed E-state index contributed by atoms with van der Waals surface area (Å²) in [6.07, 6.45) is 2.32. The van der Waals surface area contributed by atoms with E-state index in [0.29, 0.717) is 36.1 Å². The normalized spacial score (nSPS) is 10.7. The summed E-state index contributed by atoms with van der Waals surface area (Å²) in [7, 11) is 3.19. The second kappa shape index (κ2) is 8.48. The van der Waals surface area contributed by atoms with Crippen molar-refractivity contribution in [1.82, 2.24) is 19.7 Å². The molecule has 0 aliphatic heterocycles. The van der Waals surface area contributed by atoms with Crippen molar-refractivity contribution in [1.29, 1.82) is 0 Å². The van der Waals surface area contributed by atoms with E-state index in [1.165, 1.54) is 13.0 Å². The minimum atomic E-state index is 0.318. The minimum Gasteiger partial charge on any atom is -0.486 e. The van der Waals surface area contributed by atoms with Crippen LogP contribution in [0.25, 0.3) is 11.5 Å². The number of rotatable bonds is 8. The fourth-order valence-corrected chi connectivity index (χ4v) is 2.56. The van der Waals surface area contributed by atoms with Gasteiger partial charge in [-0.1, -0.05) is 26.0 Å². The van der Waals surface area contributed by atoms with Crippen molar-refractivity contribution in [2.24, 2.45) is 7.05 Å². The molecule has 3 rings (SSSR count). The molecule has 0 fully saturated rings. The highest BCUT2D eigenvalue weighted by molar-refractivity contribution is 6.69. The Hall–Kier alpha value is -3.16. The summed E-state index contributed by atoms with van der Waals surface area (Å²) >= 11 is 0. The zero-order valence-electron chi connectivity index (χ0n) is 15.6. The lowest BCUT2D eigenvalue weighted by atomic mass is 9.99. The van der Waals surface area contributed by atoms with Gasteiger partial charge in [-0.05, 0) is 35.7 Å². The molecule has 7 nitrogen and oxygen atoms in total. The first-order chi connectivity index (χ1) is 13.1. The monoisotopic (exact) mass is 362 g/mol. The molecule has 1 N–H and O–H groups in total. The zero-order valence-corrected chi connectivity index (χ0v) is 15.6. The second-order valence-corrected chi connectivity index (χ2v) is 6.39. The van der Waals surface area contributed by atoms with Crippen LogP contribution in [0.15, 0.2) is 42.6 Å². The van der Waals surface area contributed by atoms with Crippen LogP contribution in [0.5, 0.6) is 5.75 Å². The lowest BCUT2D eigenvalue weighted by molar-refractivity contribution is 0.291. The summed E-state index contributed by atoms with van der Waals surface area (Å²) in [6.45, 7) is 4.62. The quantitative estimate of drug-likeness (QED) is 0.490. The molecule has 0 aliphatic carbocycles. The summed E-state index contributed by atoms with van der Waals surface area (Å²) in [6, 6.07) is 11.7. The molecule has 8 heteroatoms. The van der Waals surface area contributed by atoms with Crippen LogP contribution >= 0.6 is 0 Å². The maximum absolute atomic E-state index is 10.4. The molecule has 0 saturated heterocycles. The van der Waals surface area contributed by atoms with E-state index in [0.717, 1.165) is 11.4 Å². The van der Waals surface area contributed by atoms with Crippen molar-refractivity contribution in [2.45, 2.75) is 26.4 Å². The minimum absolute atomic E-state index is 0.318. The maximum Gasteiger partial charge on any atom is 0.326 e. The number of pyridine rings is 1. The molecule has 27 heavy (non-hydrogen) atoms. The largest absolute Gasteiger partial charge is 0.486 e. The Bertz CT molecular complexity index is 909. The highest BCUT2D eigenvalue weighted by atomic mass is 16.5. The van der Waals surface area contributed by atoms with Crippen LogP contribution < -0.4 is 9.96 Å². The molecular formula is C19H21BN5O2. The van der Waals surface area contributed by atoms with Crippen molar-refractivity contribution < 1.29 is 9.53 Å². The van der Waals surface area contributed by atoms with E-state index in [9.17, 15) is 4.79 Å². The van der Waals surface area contributed by atoms with Crippen LogP contribution in [0.1, 0.15) is 31.2 Å². The lowest BCUT2D eigenvalue weighted by Crippen LogP contribution is -2.07. The van der Waals surface area contributed by atoms with E-state index in [1.54, 1.807) is 6.20 Å². The van der Waals surface area contributed by atoms with E-state index in [4.69, 9.17) is 4.74 Å². The van der Waals surface area contributed by atoms with Crippen LogP contribution in [-0.2, 0) is 18.4 Å². The van der Waals surface area contributed by atoms with E-state index in [1.807, 2.05) is 41.9 Å². The standard InChI is InChI=1S/C19H21BN5O2/c1-13(2)14-5-4-6-16(9-14)27-11-18-23-24-19(25(18)3)17-8-7-15(10-21-17)22-20-12-26/h4-10,12-13,22H,11H2,1-3H3. The smallest absolute Gasteiger partial charge is 0.326 e. The molecule has 0 atom stereocenters. The maximum atomic E-state index is 10.4. The number of carbonyl (C=O) groups excluding carboxylic acids is 1. The van der Waals surface area contributed by atoms with Crippen molar-refractivity contribution in [3.05, 3.63) is 54.0 Å². The first kappa shape index (κ1) is 18.6. The van der Waals surface area contributed by atoms with Gasteiger partial charge < -0.3 is 19.3 Å². The van der Waals surface area contributed by atoms with E-state index >= 15 is 0 Å². The van der Waals surface area contributed by atoms with E-state index in [2.05, 4.69) is 40.3 Å². The highest BCUT2D eigenvalue weighted by Crippen LogP contribution is 2.21. The number of aromatic nitrogens is 4. The molecule has 0 unspecified atom stereocenters. The van der Waals surface area contributed by atoms with Gasteiger partial charge in [0.1, 0.15) is 24.2 Å². The van der Waals surface area contributed by atoms with Gasteiger partial charge in [-0.3, -0.25) is 4.98 Å². The van der Waals surface area contributed by atoms with Gasteiger partial charge in [-0.15, -0.1) is 10.2 Å². The van der Waals surface area contributed by atoms with Crippen LogP contribution in [0, 0.1) is 0 Å². The van der Waals surface area contributed by atoms with Crippen molar-refractivity contribution >= 4 is 19.3 Å². The van der Waals surface area contributed by atoms with Crippen molar-refractivity contribution in [3.8, 4) is 17.3 Å². The summed E-state index contributed by atoms with van der Waals surface area (Å²) in [4.78, 5) is 14.7. The van der Waals surface area contributed by atoms with Gasteiger partial charge in [0.15, 0.2) is 11.6 Å². The predicted octanol–water partition coefficient (Wildman–Crippen LogP) is 2.80. The number of hydrogen-bond acceptors (Lipinski definition) is 6. The topological polar surface area (TPSA) is 81.9 Å². The number of nitrogens with one attached hydrogen (secondary N) is 1. The molecule has 137 valence electrons. The average Bonchev–Trinajstić information content (AvgIpc) is 3.06. The Kier molecular flexibility index (Phi) is 5.85. The third kappa shape index (κ3) is 4.52. The van der Waals surface area contributed by atoms with Crippen LogP contribution in [0.3, 0.4) is 0 Å². The second-order valence-electron chi connectivity index (χ2n) is 6.39. The predicted molar refractivity (Wildman–Crippen MR) is 105 cm³/mol. The third-order valence-electron chi connectivity index (χ3n) is 4.17. The Morgan fingerprint density at radius 2 is 2.11 bits per heavy atom. The first-order valence-electron chi connectivity index (χ1n) is 8.69. The van der Waals surface area contributed by atoms with Gasteiger partial charge in [0.25, 0.3) is 0 Å². The zero-order chi connectivity index (χ0) is 19.2. The Balaban J connectivity index is 1.70. The highest BCUT2D eigenvalue weighted by Gasteiger charge is 2.13. The Morgan fingerprint density at radius 1 is 1.26 bits per heavy atom. The number of hydrogen-bond donors (Lipinski definition) is 1. The SMILES string of the molecule is CC(C)c1cccc(OCc2nnc(-c3ccc(N[B]C=O)cn3)n2C)c1. The molecule has 0 aliphatic rings. The Morgan fingerprint density at radius 3 is 2.81 bits per heavy atom. The summed E-state index contributed by atoms with van der Waals surface area (Å²) in [5.41, 5.74) is 2.65. The van der Waals surface area contributed by atoms with E-state index in [-0.39, 0.29) is 0 Å². The van der Waals surface area contributed by atoms with Crippen LogP contribution in [0.2, 0.25) is 0 Å². The summed E-state index contributed by atoms with van der Waals surface area (Å²) in [5.74, 6) is 2.61. The summed E-state index contributed by atoms with van der Waals surface area (Å²) in [5, 5.41) is 11.3. The number of benzene rings is 1. The van der Waals surface area contributed by atoms with Gasteiger partial charge in [0, 0.05) is 18.9 Å². The fraction of sp³-hybridized carbons (Fsp3) is 0.263. The van der Waals surface area contributed by atoms with Gasteiger partial charge in [0.2, 0.25) is 0 Å². The molecule has 0 amide bonds. The van der Waals surface area contributed by atoms with Crippen LogP contribution in [0.4, 0.5) is 5.69 Å². The molecule has 3 aromatic rings. The van der Waals surface area contributed by atoms with E-state index < -0.39 is 0 Å². The number of nitrogens with zero attached hydrogens (tertiary/aromatic N) is 4. The molecular weight excluding hydrogens is 341 g/mol. The molecule has 1 aromatic carbocycles.